The molecule has 0 spiro atoms. The van der Waals surface area contributed by atoms with Crippen molar-refractivity contribution in [2.75, 3.05) is 27.3 Å². The molecule has 3 nitrogen and oxygen atoms in total. The Morgan fingerprint density at radius 1 is 1.50 bits per heavy atom. The molecule has 0 atom stereocenters. The van der Waals surface area contributed by atoms with Gasteiger partial charge in [0.05, 0.1) is 11.6 Å². The maximum atomic E-state index is 5.66. The van der Waals surface area contributed by atoms with Gasteiger partial charge in [-0.15, -0.1) is 0 Å². The largest absolute Gasteiger partial charge is 0.493 e. The molecule has 0 aliphatic carbocycles. The zero-order valence-corrected chi connectivity index (χ0v) is 11.1. The van der Waals surface area contributed by atoms with Gasteiger partial charge in [-0.25, -0.2) is 0 Å². The van der Waals surface area contributed by atoms with Crippen LogP contribution in [0.25, 0.3) is 0 Å². The first-order valence-electron chi connectivity index (χ1n) is 4.95. The van der Waals surface area contributed by atoms with E-state index in [4.69, 9.17) is 9.47 Å². The Morgan fingerprint density at radius 2 is 2.25 bits per heavy atom. The van der Waals surface area contributed by atoms with Crippen LogP contribution in [0.15, 0.2) is 34.8 Å². The van der Waals surface area contributed by atoms with Gasteiger partial charge >= 0.3 is 0 Å². The summed E-state index contributed by atoms with van der Waals surface area (Å²) in [6, 6.07) is 5.68. The van der Waals surface area contributed by atoms with E-state index in [0.29, 0.717) is 18.1 Å². The summed E-state index contributed by atoms with van der Waals surface area (Å²) in [7, 11) is 3.50. The first kappa shape index (κ1) is 13.1. The standard InChI is InChI=1S/C12H16BrNO2/c1-9(7-14-2)8-16-12-10(13)5-4-6-11(12)15-3/h4-6,14H,1,7-8H2,2-3H3. The summed E-state index contributed by atoms with van der Waals surface area (Å²) >= 11 is 3.43. The number of nitrogens with one attached hydrogen (secondary N) is 1. The maximum absolute atomic E-state index is 5.66. The molecule has 88 valence electrons. The first-order valence-corrected chi connectivity index (χ1v) is 5.75. The number of ether oxygens (including phenoxy) is 2. The van der Waals surface area contributed by atoms with Crippen LogP contribution in [0, 0.1) is 0 Å². The monoisotopic (exact) mass is 285 g/mol. The Bertz CT molecular complexity index is 366. The summed E-state index contributed by atoms with van der Waals surface area (Å²) in [5, 5.41) is 3.02. The Kier molecular flexibility index (Phi) is 5.35. The topological polar surface area (TPSA) is 30.5 Å². The second-order valence-electron chi connectivity index (χ2n) is 3.34. The predicted molar refractivity (Wildman–Crippen MR) is 69.3 cm³/mol. The van der Waals surface area contributed by atoms with E-state index < -0.39 is 0 Å². The zero-order valence-electron chi connectivity index (χ0n) is 9.55. The van der Waals surface area contributed by atoms with Gasteiger partial charge in [0.2, 0.25) is 0 Å². The number of benzene rings is 1. The van der Waals surface area contributed by atoms with Crippen molar-refractivity contribution in [3.8, 4) is 11.5 Å². The molecule has 0 aromatic heterocycles. The SMILES string of the molecule is C=C(CNC)COc1c(Br)cccc1OC. The number of para-hydroxylation sites is 1. The highest BCUT2D eigenvalue weighted by molar-refractivity contribution is 9.10. The average Bonchev–Trinajstić information content (AvgIpc) is 2.27. The fraction of sp³-hybridized carbons (Fsp3) is 0.333. The van der Waals surface area contributed by atoms with Crippen LogP contribution in [0.2, 0.25) is 0 Å². The minimum Gasteiger partial charge on any atom is -0.493 e. The number of hydrogen-bond acceptors (Lipinski definition) is 3. The van der Waals surface area contributed by atoms with E-state index in [-0.39, 0.29) is 0 Å². The van der Waals surface area contributed by atoms with Crippen LogP contribution in [0.5, 0.6) is 11.5 Å². The molecule has 1 aromatic carbocycles. The van der Waals surface area contributed by atoms with Crippen molar-refractivity contribution < 1.29 is 9.47 Å². The van der Waals surface area contributed by atoms with Crippen LogP contribution in [0.1, 0.15) is 0 Å². The Morgan fingerprint density at radius 3 is 2.88 bits per heavy atom. The van der Waals surface area contributed by atoms with Crippen molar-refractivity contribution in [1.29, 1.82) is 0 Å². The van der Waals surface area contributed by atoms with Gasteiger partial charge in [-0.05, 0) is 40.7 Å². The van der Waals surface area contributed by atoms with E-state index in [9.17, 15) is 0 Å². The molecule has 0 heterocycles. The average molecular weight is 286 g/mol. The van der Waals surface area contributed by atoms with Crippen molar-refractivity contribution in [1.82, 2.24) is 5.32 Å². The lowest BCUT2D eigenvalue weighted by atomic mass is 10.3. The van der Waals surface area contributed by atoms with Crippen molar-refractivity contribution in [2.45, 2.75) is 0 Å². The quantitative estimate of drug-likeness (QED) is 0.815. The third kappa shape index (κ3) is 3.54. The molecule has 1 N–H and O–H groups in total. The summed E-state index contributed by atoms with van der Waals surface area (Å²) in [4.78, 5) is 0. The highest BCUT2D eigenvalue weighted by atomic mass is 79.9. The molecule has 16 heavy (non-hydrogen) atoms. The second kappa shape index (κ2) is 6.55. The van der Waals surface area contributed by atoms with Gasteiger partial charge in [0.25, 0.3) is 0 Å². The van der Waals surface area contributed by atoms with E-state index in [1.807, 2.05) is 25.2 Å². The highest BCUT2D eigenvalue weighted by Crippen LogP contribution is 2.34. The van der Waals surface area contributed by atoms with E-state index in [1.54, 1.807) is 7.11 Å². The molecule has 0 unspecified atom stereocenters. The fourth-order valence-electron chi connectivity index (χ4n) is 1.27. The van der Waals surface area contributed by atoms with Gasteiger partial charge in [0, 0.05) is 6.54 Å². The molecule has 4 heteroatoms. The van der Waals surface area contributed by atoms with Crippen LogP contribution in [-0.2, 0) is 0 Å². The summed E-state index contributed by atoms with van der Waals surface area (Å²) in [5.74, 6) is 1.42. The molecule has 0 bridgehead atoms. The number of likely N-dealkylation sites (N-methyl/N-ethyl adjacent to an activating group) is 1. The predicted octanol–water partition coefficient (Wildman–Crippen LogP) is 2.61. The summed E-state index contributed by atoms with van der Waals surface area (Å²) in [6.07, 6.45) is 0. The molecule has 0 saturated heterocycles. The summed E-state index contributed by atoms with van der Waals surface area (Å²) in [6.45, 7) is 5.12. The molecule has 0 radical (unpaired) electrons. The molecule has 0 saturated carbocycles. The van der Waals surface area contributed by atoms with Gasteiger partial charge in [0.1, 0.15) is 6.61 Å². The Balaban J connectivity index is 2.69. The van der Waals surface area contributed by atoms with Crippen LogP contribution >= 0.6 is 15.9 Å². The molecule has 1 aromatic rings. The van der Waals surface area contributed by atoms with Crippen molar-refractivity contribution in [3.63, 3.8) is 0 Å². The lowest BCUT2D eigenvalue weighted by molar-refractivity contribution is 0.315. The maximum Gasteiger partial charge on any atom is 0.175 e. The molecule has 1 rings (SSSR count). The van der Waals surface area contributed by atoms with E-state index >= 15 is 0 Å². The fourth-order valence-corrected chi connectivity index (χ4v) is 1.73. The highest BCUT2D eigenvalue weighted by Gasteiger charge is 2.08. The van der Waals surface area contributed by atoms with Crippen molar-refractivity contribution in [2.24, 2.45) is 0 Å². The van der Waals surface area contributed by atoms with E-state index in [1.165, 1.54) is 0 Å². The van der Waals surface area contributed by atoms with Gasteiger partial charge < -0.3 is 14.8 Å². The minimum atomic E-state index is 0.472. The molecule has 0 aliphatic heterocycles. The van der Waals surface area contributed by atoms with Crippen molar-refractivity contribution in [3.05, 3.63) is 34.8 Å². The smallest absolute Gasteiger partial charge is 0.175 e. The summed E-state index contributed by atoms with van der Waals surface area (Å²) in [5.41, 5.74) is 0.986. The molecule has 0 amide bonds. The summed E-state index contributed by atoms with van der Waals surface area (Å²) < 4.78 is 11.8. The molecular formula is C12H16BrNO2. The van der Waals surface area contributed by atoms with Gasteiger partial charge in [-0.1, -0.05) is 12.6 Å². The van der Waals surface area contributed by atoms with Crippen LogP contribution < -0.4 is 14.8 Å². The third-order valence-electron chi connectivity index (χ3n) is 2.00. The zero-order chi connectivity index (χ0) is 12.0. The van der Waals surface area contributed by atoms with E-state index in [2.05, 4.69) is 27.8 Å². The first-order chi connectivity index (χ1) is 7.69. The van der Waals surface area contributed by atoms with Gasteiger partial charge in [-0.2, -0.15) is 0 Å². The van der Waals surface area contributed by atoms with E-state index in [0.717, 1.165) is 16.6 Å². The Hall–Kier alpha value is -1.00. The second-order valence-corrected chi connectivity index (χ2v) is 4.19. The van der Waals surface area contributed by atoms with Crippen LogP contribution in [0.3, 0.4) is 0 Å². The van der Waals surface area contributed by atoms with Gasteiger partial charge in [0.15, 0.2) is 11.5 Å². The number of rotatable bonds is 6. The molecule has 0 aliphatic rings. The molecular weight excluding hydrogens is 270 g/mol. The Labute approximate surface area is 105 Å². The number of methoxy groups -OCH3 is 1. The van der Waals surface area contributed by atoms with Crippen LogP contribution in [0.4, 0.5) is 0 Å². The van der Waals surface area contributed by atoms with Crippen molar-refractivity contribution >= 4 is 15.9 Å². The normalized spacial score (nSPS) is 9.94. The number of hydrogen-bond donors (Lipinski definition) is 1. The minimum absolute atomic E-state index is 0.472. The lowest BCUT2D eigenvalue weighted by Crippen LogP contribution is -2.14. The third-order valence-corrected chi connectivity index (χ3v) is 2.62. The van der Waals surface area contributed by atoms with Crippen LogP contribution in [-0.4, -0.2) is 27.3 Å². The number of halogens is 1. The molecule has 0 fully saturated rings. The van der Waals surface area contributed by atoms with Gasteiger partial charge in [-0.3, -0.25) is 0 Å². The lowest BCUT2D eigenvalue weighted by Gasteiger charge is -2.13.